The number of nitrogens with zero attached hydrogens (tertiary/aromatic N) is 2. The number of nitrogens with one attached hydrogen (secondary N) is 2. The van der Waals surface area contributed by atoms with Crippen LogP contribution >= 0.6 is 0 Å². The first kappa shape index (κ1) is 20.2. The molecule has 0 unspecified atom stereocenters. The van der Waals surface area contributed by atoms with E-state index in [0.29, 0.717) is 12.3 Å². The van der Waals surface area contributed by atoms with Crippen molar-refractivity contribution >= 4 is 5.91 Å². The Balaban J connectivity index is 1.53. The van der Waals surface area contributed by atoms with E-state index in [2.05, 4.69) is 34.0 Å². The van der Waals surface area contributed by atoms with Gasteiger partial charge in [0.1, 0.15) is 11.5 Å². The van der Waals surface area contributed by atoms with Crippen molar-refractivity contribution in [3.05, 3.63) is 63.6 Å². The van der Waals surface area contributed by atoms with Crippen molar-refractivity contribution in [3.8, 4) is 0 Å². The minimum atomic E-state index is -0.489. The van der Waals surface area contributed by atoms with E-state index in [1.807, 2.05) is 0 Å². The van der Waals surface area contributed by atoms with Crippen LogP contribution < -0.4 is 11.0 Å². The summed E-state index contributed by atoms with van der Waals surface area (Å²) in [7, 11) is 0. The maximum absolute atomic E-state index is 13.0. The lowest BCUT2D eigenvalue weighted by atomic mass is 10.0. The molecule has 1 aromatic heterocycles. The average Bonchev–Trinajstić information content (AvgIpc) is 2.64. The molecule has 3 rings (SSSR count). The predicted molar refractivity (Wildman–Crippen MR) is 106 cm³/mol. The first-order chi connectivity index (χ1) is 13.4. The molecule has 2 N–H and O–H groups in total. The summed E-state index contributed by atoms with van der Waals surface area (Å²) >= 11 is 0. The summed E-state index contributed by atoms with van der Waals surface area (Å²) in [5, 5.41) is 3.00. The lowest BCUT2D eigenvalue weighted by Crippen LogP contribution is -2.44. The van der Waals surface area contributed by atoms with Gasteiger partial charge in [-0.05, 0) is 48.9 Å². The van der Waals surface area contributed by atoms with Crippen LogP contribution in [0.15, 0.2) is 35.1 Å². The molecule has 0 bridgehead atoms. The number of aromatic nitrogens is 2. The van der Waals surface area contributed by atoms with E-state index >= 15 is 0 Å². The lowest BCUT2D eigenvalue weighted by molar-refractivity contribution is 0.0903. The maximum Gasteiger partial charge on any atom is 0.345 e. The standard InChI is InChI=1S/C21H27FN4O2/c1-14(2)11-18-12-19(25-21(28)24-18)20(27)23-17-7-9-26(10-8-17)13-15-3-5-16(22)6-4-15/h3-6,12,14,17H,7-11,13H2,1-2H3,(H,23,27)(H,24,25,28). The van der Waals surface area contributed by atoms with Crippen molar-refractivity contribution in [2.75, 3.05) is 13.1 Å². The summed E-state index contributed by atoms with van der Waals surface area (Å²) in [6, 6.07) is 8.29. The number of benzene rings is 1. The maximum atomic E-state index is 13.0. The monoisotopic (exact) mass is 386 g/mol. The van der Waals surface area contributed by atoms with Gasteiger partial charge in [-0.1, -0.05) is 26.0 Å². The van der Waals surface area contributed by atoms with E-state index in [4.69, 9.17) is 0 Å². The molecule has 2 heterocycles. The van der Waals surface area contributed by atoms with Gasteiger partial charge in [0.25, 0.3) is 5.91 Å². The summed E-state index contributed by atoms with van der Waals surface area (Å²) in [5.41, 5.74) is 1.49. The van der Waals surface area contributed by atoms with Crippen LogP contribution in [0.5, 0.6) is 0 Å². The molecule has 0 radical (unpaired) electrons. The van der Waals surface area contributed by atoms with Gasteiger partial charge < -0.3 is 10.3 Å². The molecule has 1 aromatic carbocycles. The Hall–Kier alpha value is -2.54. The van der Waals surface area contributed by atoms with Crippen LogP contribution in [-0.2, 0) is 13.0 Å². The second kappa shape index (κ2) is 9.10. The smallest absolute Gasteiger partial charge is 0.345 e. The van der Waals surface area contributed by atoms with Gasteiger partial charge in [-0.3, -0.25) is 9.69 Å². The SMILES string of the molecule is CC(C)Cc1cc(C(=O)NC2CCN(Cc3ccc(F)cc3)CC2)nc(=O)[nH]1. The molecule has 6 nitrogen and oxygen atoms in total. The van der Waals surface area contributed by atoms with E-state index in [1.165, 1.54) is 12.1 Å². The van der Waals surface area contributed by atoms with E-state index in [1.54, 1.807) is 18.2 Å². The van der Waals surface area contributed by atoms with Gasteiger partial charge in [0.05, 0.1) is 0 Å². The molecule has 1 amide bonds. The zero-order valence-corrected chi connectivity index (χ0v) is 16.4. The van der Waals surface area contributed by atoms with Crippen molar-refractivity contribution in [3.63, 3.8) is 0 Å². The van der Waals surface area contributed by atoms with E-state index < -0.39 is 5.69 Å². The molecule has 0 aliphatic carbocycles. The molecule has 1 saturated heterocycles. The molecule has 0 atom stereocenters. The third-order valence-corrected chi connectivity index (χ3v) is 4.90. The number of piperidine rings is 1. The minimum Gasteiger partial charge on any atom is -0.348 e. The van der Waals surface area contributed by atoms with Crippen molar-refractivity contribution < 1.29 is 9.18 Å². The predicted octanol–water partition coefficient (Wildman–Crippen LogP) is 2.50. The van der Waals surface area contributed by atoms with Crippen molar-refractivity contribution in [1.82, 2.24) is 20.2 Å². The Kier molecular flexibility index (Phi) is 6.57. The normalized spacial score (nSPS) is 15.7. The van der Waals surface area contributed by atoms with Crippen LogP contribution in [0.1, 0.15) is 48.4 Å². The quantitative estimate of drug-likeness (QED) is 0.800. The van der Waals surface area contributed by atoms with Gasteiger partial charge >= 0.3 is 5.69 Å². The van der Waals surface area contributed by atoms with E-state index in [0.717, 1.165) is 43.7 Å². The van der Waals surface area contributed by atoms with Gasteiger partial charge in [-0.2, -0.15) is 4.98 Å². The number of hydrogen-bond donors (Lipinski definition) is 2. The van der Waals surface area contributed by atoms with Crippen LogP contribution in [0, 0.1) is 11.7 Å². The number of amides is 1. The largest absolute Gasteiger partial charge is 0.348 e. The summed E-state index contributed by atoms with van der Waals surface area (Å²) < 4.78 is 13.0. The molecule has 28 heavy (non-hydrogen) atoms. The fourth-order valence-corrected chi connectivity index (χ4v) is 3.52. The third-order valence-electron chi connectivity index (χ3n) is 4.90. The zero-order valence-electron chi connectivity index (χ0n) is 16.4. The molecule has 7 heteroatoms. The Morgan fingerprint density at radius 1 is 1.29 bits per heavy atom. The highest BCUT2D eigenvalue weighted by Gasteiger charge is 2.22. The van der Waals surface area contributed by atoms with Gasteiger partial charge in [0, 0.05) is 31.4 Å². The fourth-order valence-electron chi connectivity index (χ4n) is 3.52. The molecule has 1 aliphatic heterocycles. The number of rotatable bonds is 6. The molecular formula is C21H27FN4O2. The van der Waals surface area contributed by atoms with Crippen LogP contribution in [0.3, 0.4) is 0 Å². The third kappa shape index (κ3) is 5.73. The molecular weight excluding hydrogens is 359 g/mol. The highest BCUT2D eigenvalue weighted by molar-refractivity contribution is 5.92. The second-order valence-electron chi connectivity index (χ2n) is 7.85. The second-order valence-corrected chi connectivity index (χ2v) is 7.85. The number of hydrogen-bond acceptors (Lipinski definition) is 4. The topological polar surface area (TPSA) is 78.1 Å². The van der Waals surface area contributed by atoms with Crippen LogP contribution in [0.25, 0.3) is 0 Å². The Morgan fingerprint density at radius 3 is 2.61 bits per heavy atom. The van der Waals surface area contributed by atoms with E-state index in [9.17, 15) is 14.0 Å². The number of carbonyl (C=O) groups excluding carboxylic acids is 1. The number of aromatic amines is 1. The molecule has 1 aliphatic rings. The molecule has 2 aromatic rings. The number of likely N-dealkylation sites (tertiary alicyclic amines) is 1. The highest BCUT2D eigenvalue weighted by Crippen LogP contribution is 2.15. The first-order valence-electron chi connectivity index (χ1n) is 9.77. The summed E-state index contributed by atoms with van der Waals surface area (Å²) in [5.74, 6) is -0.150. The number of carbonyl (C=O) groups is 1. The van der Waals surface area contributed by atoms with Gasteiger partial charge in [-0.25, -0.2) is 9.18 Å². The van der Waals surface area contributed by atoms with Crippen LogP contribution in [0.4, 0.5) is 4.39 Å². The first-order valence-corrected chi connectivity index (χ1v) is 9.77. The van der Waals surface area contributed by atoms with Gasteiger partial charge in [0.2, 0.25) is 0 Å². The molecule has 0 saturated carbocycles. The Bertz CT molecular complexity index is 855. The minimum absolute atomic E-state index is 0.0617. The fraction of sp³-hybridized carbons (Fsp3) is 0.476. The molecule has 0 spiro atoms. The number of H-pyrrole nitrogens is 1. The van der Waals surface area contributed by atoms with Crippen molar-refractivity contribution in [1.29, 1.82) is 0 Å². The van der Waals surface area contributed by atoms with Crippen molar-refractivity contribution in [2.24, 2.45) is 5.92 Å². The number of halogens is 1. The van der Waals surface area contributed by atoms with Gasteiger partial charge in [0.15, 0.2) is 0 Å². The van der Waals surface area contributed by atoms with Crippen LogP contribution in [-0.4, -0.2) is 39.9 Å². The zero-order chi connectivity index (χ0) is 20.1. The summed E-state index contributed by atoms with van der Waals surface area (Å²) in [6.07, 6.45) is 2.35. The molecule has 1 fully saturated rings. The summed E-state index contributed by atoms with van der Waals surface area (Å²) in [6.45, 7) is 6.58. The van der Waals surface area contributed by atoms with Crippen molar-refractivity contribution in [2.45, 2.75) is 45.7 Å². The molecule has 150 valence electrons. The van der Waals surface area contributed by atoms with Crippen LogP contribution in [0.2, 0.25) is 0 Å². The van der Waals surface area contributed by atoms with Gasteiger partial charge in [-0.15, -0.1) is 0 Å². The Labute approximate surface area is 164 Å². The average molecular weight is 386 g/mol. The summed E-state index contributed by atoms with van der Waals surface area (Å²) in [4.78, 5) is 33.1. The van der Waals surface area contributed by atoms with E-state index in [-0.39, 0.29) is 23.5 Å². The lowest BCUT2D eigenvalue weighted by Gasteiger charge is -2.32. The highest BCUT2D eigenvalue weighted by atomic mass is 19.1. The Morgan fingerprint density at radius 2 is 1.96 bits per heavy atom.